The number of carbonyl (C=O) groups excluding carboxylic acids is 2. The van der Waals surface area contributed by atoms with Crippen molar-refractivity contribution in [3.63, 3.8) is 0 Å². The quantitative estimate of drug-likeness (QED) is 0.651. The zero-order valence-corrected chi connectivity index (χ0v) is 17.0. The average Bonchev–Trinajstić information content (AvgIpc) is 3.32. The molecular formula is C21H22FN3O3S. The van der Waals surface area contributed by atoms with E-state index >= 15 is 0 Å². The number of carbonyl (C=O) groups is 2. The maximum atomic E-state index is 14.2. The van der Waals surface area contributed by atoms with Crippen LogP contribution in [0.15, 0.2) is 41.8 Å². The van der Waals surface area contributed by atoms with E-state index in [2.05, 4.69) is 0 Å². The number of nitrogens with zero attached hydrogens (tertiary/aromatic N) is 3. The molecule has 1 fully saturated rings. The number of hydrogen-bond donors (Lipinski definition) is 0. The molecule has 2 aromatic heterocycles. The van der Waals surface area contributed by atoms with E-state index < -0.39 is 0 Å². The van der Waals surface area contributed by atoms with Gasteiger partial charge in [-0.25, -0.2) is 9.18 Å². The Morgan fingerprint density at radius 1 is 1.10 bits per heavy atom. The van der Waals surface area contributed by atoms with Crippen LogP contribution in [0.4, 0.5) is 9.18 Å². The summed E-state index contributed by atoms with van der Waals surface area (Å²) in [6, 6.07) is 10.4. The van der Waals surface area contributed by atoms with Gasteiger partial charge in [0.15, 0.2) is 0 Å². The normalized spacial score (nSPS) is 14.4. The van der Waals surface area contributed by atoms with Crippen molar-refractivity contribution in [2.24, 2.45) is 0 Å². The van der Waals surface area contributed by atoms with E-state index in [0.717, 1.165) is 10.2 Å². The van der Waals surface area contributed by atoms with Gasteiger partial charge in [-0.05, 0) is 30.5 Å². The molecule has 0 spiro atoms. The van der Waals surface area contributed by atoms with Crippen molar-refractivity contribution < 1.29 is 18.7 Å². The molecule has 2 amide bonds. The summed E-state index contributed by atoms with van der Waals surface area (Å²) in [5.74, 6) is -0.390. The predicted octanol–water partition coefficient (Wildman–Crippen LogP) is 3.80. The SMILES string of the molecule is CCOC(=O)N1CCN(C(=O)c2cc3sccc3n2Cc2ccccc2F)CC1. The second-order valence-corrected chi connectivity index (χ2v) is 7.80. The summed E-state index contributed by atoms with van der Waals surface area (Å²) in [6.07, 6.45) is -0.344. The molecule has 0 saturated carbocycles. The van der Waals surface area contributed by atoms with Gasteiger partial charge in [-0.1, -0.05) is 18.2 Å². The maximum Gasteiger partial charge on any atom is 0.409 e. The lowest BCUT2D eigenvalue weighted by molar-refractivity contribution is 0.0563. The van der Waals surface area contributed by atoms with Gasteiger partial charge in [-0.2, -0.15) is 0 Å². The zero-order valence-electron chi connectivity index (χ0n) is 16.1. The third kappa shape index (κ3) is 3.85. The fourth-order valence-corrected chi connectivity index (χ4v) is 4.41. The second-order valence-electron chi connectivity index (χ2n) is 6.86. The largest absolute Gasteiger partial charge is 0.450 e. The molecule has 0 unspecified atom stereocenters. The van der Waals surface area contributed by atoms with Crippen molar-refractivity contribution in [3.05, 3.63) is 58.9 Å². The predicted molar refractivity (Wildman–Crippen MR) is 110 cm³/mol. The van der Waals surface area contributed by atoms with Crippen molar-refractivity contribution in [1.82, 2.24) is 14.4 Å². The van der Waals surface area contributed by atoms with Crippen molar-refractivity contribution in [3.8, 4) is 0 Å². The molecule has 1 saturated heterocycles. The fourth-order valence-electron chi connectivity index (χ4n) is 3.59. The Hall–Kier alpha value is -2.87. The number of benzene rings is 1. The fraction of sp³-hybridized carbons (Fsp3) is 0.333. The first-order chi connectivity index (χ1) is 14.1. The monoisotopic (exact) mass is 415 g/mol. The number of thiophene rings is 1. The molecule has 0 bridgehead atoms. The molecular weight excluding hydrogens is 393 g/mol. The van der Waals surface area contributed by atoms with Crippen molar-refractivity contribution in [1.29, 1.82) is 0 Å². The molecule has 29 heavy (non-hydrogen) atoms. The summed E-state index contributed by atoms with van der Waals surface area (Å²) in [6.45, 7) is 4.15. The standard InChI is InChI=1S/C21H22FN3O3S/c1-2-28-21(27)24-10-8-23(9-11-24)20(26)18-13-19-17(7-12-29-19)25(18)14-15-5-3-4-6-16(15)22/h3-7,12-13H,2,8-11,14H2,1H3. The Balaban J connectivity index is 1.56. The van der Waals surface area contributed by atoms with Gasteiger partial charge in [-0.3, -0.25) is 4.79 Å². The Kier molecular flexibility index (Phi) is 5.53. The van der Waals surface area contributed by atoms with Crippen molar-refractivity contribution >= 4 is 33.6 Å². The van der Waals surface area contributed by atoms with Crippen molar-refractivity contribution in [2.75, 3.05) is 32.8 Å². The molecule has 0 aliphatic carbocycles. The van der Waals surface area contributed by atoms with Crippen LogP contribution in [0.2, 0.25) is 0 Å². The highest BCUT2D eigenvalue weighted by atomic mass is 32.1. The van der Waals surface area contributed by atoms with Crippen LogP contribution in [-0.2, 0) is 11.3 Å². The van der Waals surface area contributed by atoms with Crippen LogP contribution in [0.1, 0.15) is 23.0 Å². The molecule has 6 nitrogen and oxygen atoms in total. The second kappa shape index (κ2) is 8.24. The highest BCUT2D eigenvalue weighted by molar-refractivity contribution is 7.17. The number of ether oxygens (including phenoxy) is 1. The molecule has 1 aromatic carbocycles. The van der Waals surface area contributed by atoms with Crippen LogP contribution in [0, 0.1) is 5.82 Å². The summed E-state index contributed by atoms with van der Waals surface area (Å²) < 4.78 is 22.1. The van der Waals surface area contributed by atoms with Gasteiger partial charge >= 0.3 is 6.09 Å². The molecule has 1 aliphatic rings. The first-order valence-corrected chi connectivity index (χ1v) is 10.5. The minimum absolute atomic E-state index is 0.103. The third-order valence-corrected chi connectivity index (χ3v) is 5.97. The van der Waals surface area contributed by atoms with Gasteiger partial charge in [0.05, 0.1) is 23.4 Å². The van der Waals surface area contributed by atoms with Gasteiger partial charge in [-0.15, -0.1) is 11.3 Å². The van der Waals surface area contributed by atoms with Crippen LogP contribution in [0.3, 0.4) is 0 Å². The first-order valence-electron chi connectivity index (χ1n) is 9.59. The molecule has 3 heterocycles. The average molecular weight is 415 g/mol. The number of fused-ring (bicyclic) bond motifs is 1. The van der Waals surface area contributed by atoms with Crippen LogP contribution < -0.4 is 0 Å². The molecule has 0 N–H and O–H groups in total. The minimum Gasteiger partial charge on any atom is -0.450 e. The summed E-state index contributed by atoms with van der Waals surface area (Å²) in [5, 5.41) is 1.97. The molecule has 1 aliphatic heterocycles. The van der Waals surface area contributed by atoms with Crippen molar-refractivity contribution in [2.45, 2.75) is 13.5 Å². The molecule has 0 radical (unpaired) electrons. The van der Waals surface area contributed by atoms with E-state index in [9.17, 15) is 14.0 Å². The Bertz CT molecular complexity index is 1040. The van der Waals surface area contributed by atoms with Crippen LogP contribution in [-0.4, -0.2) is 59.2 Å². The minimum atomic E-state index is -0.344. The molecule has 0 atom stereocenters. The number of amides is 2. The zero-order chi connectivity index (χ0) is 20.4. The summed E-state index contributed by atoms with van der Waals surface area (Å²) >= 11 is 1.56. The third-order valence-electron chi connectivity index (χ3n) is 5.12. The number of hydrogen-bond acceptors (Lipinski definition) is 4. The van der Waals surface area contributed by atoms with E-state index in [-0.39, 0.29) is 24.4 Å². The summed E-state index contributed by atoms with van der Waals surface area (Å²) in [4.78, 5) is 28.5. The van der Waals surface area contributed by atoms with Gasteiger partial charge in [0, 0.05) is 31.7 Å². The highest BCUT2D eigenvalue weighted by Gasteiger charge is 2.28. The Morgan fingerprint density at radius 3 is 2.55 bits per heavy atom. The summed E-state index contributed by atoms with van der Waals surface area (Å²) in [7, 11) is 0. The van der Waals surface area contributed by atoms with Crippen LogP contribution >= 0.6 is 11.3 Å². The number of halogens is 1. The topological polar surface area (TPSA) is 54.8 Å². The molecule has 3 aromatic rings. The van der Waals surface area contributed by atoms with E-state index in [1.54, 1.807) is 46.3 Å². The Morgan fingerprint density at radius 2 is 1.83 bits per heavy atom. The molecule has 152 valence electrons. The van der Waals surface area contributed by atoms with Gasteiger partial charge in [0.1, 0.15) is 11.5 Å². The van der Waals surface area contributed by atoms with Gasteiger partial charge in [0.25, 0.3) is 5.91 Å². The van der Waals surface area contributed by atoms with E-state index in [1.165, 1.54) is 6.07 Å². The Labute approximate surface area is 172 Å². The van der Waals surface area contributed by atoms with E-state index in [0.29, 0.717) is 44.0 Å². The number of aromatic nitrogens is 1. The van der Waals surface area contributed by atoms with E-state index in [1.807, 2.05) is 22.1 Å². The summed E-state index contributed by atoms with van der Waals surface area (Å²) in [5.41, 5.74) is 2.00. The van der Waals surface area contributed by atoms with E-state index in [4.69, 9.17) is 4.74 Å². The van der Waals surface area contributed by atoms with Gasteiger partial charge in [0.2, 0.25) is 0 Å². The lowest BCUT2D eigenvalue weighted by Crippen LogP contribution is -2.51. The smallest absolute Gasteiger partial charge is 0.409 e. The lowest BCUT2D eigenvalue weighted by atomic mass is 10.2. The maximum absolute atomic E-state index is 14.2. The molecule has 4 rings (SSSR count). The van der Waals surface area contributed by atoms with Gasteiger partial charge < -0.3 is 19.1 Å². The number of rotatable bonds is 4. The van der Waals surface area contributed by atoms with Crippen LogP contribution in [0.25, 0.3) is 10.2 Å². The van der Waals surface area contributed by atoms with Crippen LogP contribution in [0.5, 0.6) is 0 Å². The lowest BCUT2D eigenvalue weighted by Gasteiger charge is -2.34. The molecule has 8 heteroatoms. The first kappa shape index (κ1) is 19.4. The highest BCUT2D eigenvalue weighted by Crippen LogP contribution is 2.28. The number of piperazine rings is 1.